The van der Waals surface area contributed by atoms with Crippen molar-refractivity contribution in [1.29, 1.82) is 0 Å². The minimum atomic E-state index is -0.654. The number of aromatic nitrogens is 4. The van der Waals surface area contributed by atoms with Gasteiger partial charge >= 0.3 is 0 Å². The number of nitrogens with one attached hydrogen (secondary N) is 1. The quantitative estimate of drug-likeness (QED) is 0.660. The molecule has 0 amide bonds. The Bertz CT molecular complexity index is 1040. The normalized spacial score (nSPS) is 10.5. The molecule has 0 unspecified atom stereocenters. The van der Waals surface area contributed by atoms with E-state index in [9.17, 15) is 14.0 Å². The predicted octanol–water partition coefficient (Wildman–Crippen LogP) is 1.68. The molecule has 3 rings (SSSR count). The van der Waals surface area contributed by atoms with Gasteiger partial charge in [0.05, 0.1) is 30.6 Å². The van der Waals surface area contributed by atoms with Gasteiger partial charge in [-0.3, -0.25) is 14.2 Å². The van der Waals surface area contributed by atoms with Crippen molar-refractivity contribution in [2.24, 2.45) is 7.05 Å². The van der Waals surface area contributed by atoms with Crippen molar-refractivity contribution in [3.8, 4) is 17.1 Å². The molecule has 0 bridgehead atoms. The van der Waals surface area contributed by atoms with Crippen molar-refractivity contribution >= 4 is 11.7 Å². The number of nitrogens with zero attached hydrogens (tertiary/aromatic N) is 4. The van der Waals surface area contributed by atoms with Crippen LogP contribution in [-0.2, 0) is 7.05 Å². The largest absolute Gasteiger partial charge is 0.497 e. The Morgan fingerprint density at radius 3 is 2.78 bits per heavy atom. The molecule has 2 heterocycles. The number of hydrogen-bond donors (Lipinski definition) is 1. The fourth-order valence-corrected chi connectivity index (χ4v) is 2.37. The van der Waals surface area contributed by atoms with Crippen LogP contribution in [0.25, 0.3) is 11.4 Å². The van der Waals surface area contributed by atoms with Gasteiger partial charge < -0.3 is 10.1 Å². The zero-order valence-electron chi connectivity index (χ0n) is 14.6. The molecule has 0 aliphatic heterocycles. The third kappa shape index (κ3) is 3.97. The van der Waals surface area contributed by atoms with E-state index in [0.717, 1.165) is 6.07 Å². The molecular formula is C18H16FN5O3. The summed E-state index contributed by atoms with van der Waals surface area (Å²) in [6.45, 7) is -0.252. The van der Waals surface area contributed by atoms with Crippen molar-refractivity contribution in [2.75, 3.05) is 19.0 Å². The molecule has 0 aliphatic rings. The average Bonchev–Trinajstić information content (AvgIpc) is 2.69. The predicted molar refractivity (Wildman–Crippen MR) is 96.3 cm³/mol. The van der Waals surface area contributed by atoms with Crippen LogP contribution >= 0.6 is 0 Å². The van der Waals surface area contributed by atoms with Gasteiger partial charge in [-0.2, -0.15) is 0 Å². The van der Waals surface area contributed by atoms with Crippen LogP contribution in [0.4, 0.5) is 10.3 Å². The van der Waals surface area contributed by atoms with Crippen LogP contribution in [0.1, 0.15) is 10.4 Å². The lowest BCUT2D eigenvalue weighted by Gasteiger charge is -2.11. The molecule has 9 heteroatoms. The lowest BCUT2D eigenvalue weighted by Crippen LogP contribution is -2.25. The first-order valence-corrected chi connectivity index (χ1v) is 7.94. The zero-order chi connectivity index (χ0) is 19.4. The topological polar surface area (TPSA) is 99.0 Å². The monoisotopic (exact) mass is 369 g/mol. The Balaban J connectivity index is 1.85. The molecule has 0 fully saturated rings. The van der Waals surface area contributed by atoms with Gasteiger partial charge in [-0.05, 0) is 24.3 Å². The molecule has 3 aromatic rings. The standard InChI is InChI=1S/C18H16FN5O3/c1-24-17(26)8-15(14-5-6-20-10-22-14)23-18(24)21-9-16(25)12-7-11(27-2)3-4-13(12)19/h3-8,10H,9H2,1-2H3,(H,21,23). The van der Waals surface area contributed by atoms with Gasteiger partial charge in [-0.1, -0.05) is 0 Å². The Labute approximate surface area is 153 Å². The van der Waals surface area contributed by atoms with E-state index >= 15 is 0 Å². The van der Waals surface area contributed by atoms with Gasteiger partial charge in [-0.25, -0.2) is 19.3 Å². The third-order valence-electron chi connectivity index (χ3n) is 3.86. The van der Waals surface area contributed by atoms with E-state index in [1.165, 1.54) is 49.4 Å². The summed E-state index contributed by atoms with van der Waals surface area (Å²) < 4.78 is 20.2. The Morgan fingerprint density at radius 1 is 1.26 bits per heavy atom. The van der Waals surface area contributed by atoms with Crippen LogP contribution in [0.2, 0.25) is 0 Å². The van der Waals surface area contributed by atoms with Crippen LogP contribution < -0.4 is 15.6 Å². The van der Waals surface area contributed by atoms with Crippen molar-refractivity contribution in [3.63, 3.8) is 0 Å². The lowest BCUT2D eigenvalue weighted by atomic mass is 10.1. The van der Waals surface area contributed by atoms with Gasteiger partial charge in [0.25, 0.3) is 5.56 Å². The summed E-state index contributed by atoms with van der Waals surface area (Å²) in [7, 11) is 2.94. The average molecular weight is 369 g/mol. The summed E-state index contributed by atoms with van der Waals surface area (Å²) in [4.78, 5) is 36.7. The first kappa shape index (κ1) is 18.2. The number of halogens is 1. The molecular weight excluding hydrogens is 353 g/mol. The summed E-state index contributed by atoms with van der Waals surface area (Å²) in [6, 6.07) is 6.86. The molecule has 1 aromatic carbocycles. The minimum absolute atomic E-state index is 0.112. The number of hydrogen-bond acceptors (Lipinski definition) is 7. The van der Waals surface area contributed by atoms with Crippen LogP contribution in [0.5, 0.6) is 5.75 Å². The van der Waals surface area contributed by atoms with E-state index in [-0.39, 0.29) is 23.6 Å². The fraction of sp³-hybridized carbons (Fsp3) is 0.167. The van der Waals surface area contributed by atoms with Gasteiger partial charge in [0, 0.05) is 19.3 Å². The lowest BCUT2D eigenvalue weighted by molar-refractivity contribution is 0.100. The number of carbonyl (C=O) groups excluding carboxylic acids is 1. The number of methoxy groups -OCH3 is 1. The first-order chi connectivity index (χ1) is 13.0. The molecule has 0 saturated heterocycles. The number of Topliss-reactive ketones (excluding diaryl/α,β-unsaturated/α-hetero) is 1. The summed E-state index contributed by atoms with van der Waals surface area (Å²) in [5, 5.41) is 2.78. The molecule has 0 aliphatic carbocycles. The number of benzene rings is 1. The molecule has 27 heavy (non-hydrogen) atoms. The summed E-state index contributed by atoms with van der Waals surface area (Å²) in [5.41, 5.74) is 0.360. The van der Waals surface area contributed by atoms with E-state index < -0.39 is 11.6 Å². The Hall–Kier alpha value is -3.62. The first-order valence-electron chi connectivity index (χ1n) is 7.94. The van der Waals surface area contributed by atoms with Crippen molar-refractivity contribution in [3.05, 3.63) is 64.6 Å². The molecule has 0 spiro atoms. The van der Waals surface area contributed by atoms with Crippen LogP contribution in [0.3, 0.4) is 0 Å². The molecule has 0 radical (unpaired) electrons. The summed E-state index contributed by atoms with van der Waals surface area (Å²) >= 11 is 0. The smallest absolute Gasteiger partial charge is 0.255 e. The van der Waals surface area contributed by atoms with Crippen molar-refractivity contribution in [1.82, 2.24) is 19.5 Å². The van der Waals surface area contributed by atoms with Crippen LogP contribution in [0, 0.1) is 5.82 Å². The molecule has 2 aromatic heterocycles. The van der Waals surface area contributed by atoms with Crippen molar-refractivity contribution in [2.45, 2.75) is 0 Å². The maximum absolute atomic E-state index is 13.9. The molecule has 8 nitrogen and oxygen atoms in total. The van der Waals surface area contributed by atoms with Gasteiger partial charge in [0.15, 0.2) is 5.78 Å². The zero-order valence-corrected chi connectivity index (χ0v) is 14.6. The van der Waals surface area contributed by atoms with E-state index in [1.54, 1.807) is 6.07 Å². The van der Waals surface area contributed by atoms with Gasteiger partial charge in [0.2, 0.25) is 5.95 Å². The van der Waals surface area contributed by atoms with Gasteiger partial charge in [0.1, 0.15) is 17.9 Å². The van der Waals surface area contributed by atoms with Crippen molar-refractivity contribution < 1.29 is 13.9 Å². The molecule has 138 valence electrons. The van der Waals surface area contributed by atoms with E-state index in [0.29, 0.717) is 17.1 Å². The third-order valence-corrected chi connectivity index (χ3v) is 3.86. The fourth-order valence-electron chi connectivity index (χ4n) is 2.37. The number of ketones is 1. The second kappa shape index (κ2) is 7.73. The SMILES string of the molecule is COc1ccc(F)c(C(=O)CNc2nc(-c3ccncn3)cc(=O)n2C)c1. The highest BCUT2D eigenvalue weighted by Gasteiger charge is 2.15. The molecule has 0 saturated carbocycles. The Morgan fingerprint density at radius 2 is 2.07 bits per heavy atom. The highest BCUT2D eigenvalue weighted by Crippen LogP contribution is 2.17. The second-order valence-electron chi connectivity index (χ2n) is 5.58. The second-order valence-corrected chi connectivity index (χ2v) is 5.58. The maximum atomic E-state index is 13.9. The molecule has 1 N–H and O–H groups in total. The number of carbonyl (C=O) groups is 1. The van der Waals surface area contributed by atoms with Crippen LogP contribution in [0.15, 0.2) is 47.7 Å². The van der Waals surface area contributed by atoms with E-state index in [4.69, 9.17) is 4.74 Å². The highest BCUT2D eigenvalue weighted by molar-refractivity contribution is 5.99. The Kier molecular flexibility index (Phi) is 5.20. The molecule has 0 atom stereocenters. The number of anilines is 1. The summed E-state index contributed by atoms with van der Waals surface area (Å²) in [5.74, 6) is -0.629. The maximum Gasteiger partial charge on any atom is 0.255 e. The number of ether oxygens (including phenoxy) is 1. The highest BCUT2D eigenvalue weighted by atomic mass is 19.1. The summed E-state index contributed by atoms with van der Waals surface area (Å²) in [6.07, 6.45) is 2.88. The number of rotatable bonds is 6. The van der Waals surface area contributed by atoms with E-state index in [1.807, 2.05) is 0 Å². The van der Waals surface area contributed by atoms with Crippen LogP contribution in [-0.4, -0.2) is 39.0 Å². The minimum Gasteiger partial charge on any atom is -0.497 e. The van der Waals surface area contributed by atoms with Gasteiger partial charge in [-0.15, -0.1) is 0 Å². The van der Waals surface area contributed by atoms with E-state index in [2.05, 4.69) is 20.3 Å².